The molecular weight excluding hydrogens is 295 g/mol. The van der Waals surface area contributed by atoms with E-state index in [0.717, 1.165) is 11.3 Å². The van der Waals surface area contributed by atoms with Gasteiger partial charge in [0, 0.05) is 18.8 Å². The van der Waals surface area contributed by atoms with E-state index in [4.69, 9.17) is 23.2 Å². The van der Waals surface area contributed by atoms with Crippen molar-refractivity contribution in [3.05, 3.63) is 38.3 Å². The van der Waals surface area contributed by atoms with Crippen molar-refractivity contribution in [3.8, 4) is 0 Å². The van der Waals surface area contributed by atoms with E-state index in [1.54, 1.807) is 13.2 Å². The Bertz CT molecular complexity index is 618. The second-order valence-electron chi connectivity index (χ2n) is 3.66. The fourth-order valence-corrected chi connectivity index (χ4v) is 2.94. The summed E-state index contributed by atoms with van der Waals surface area (Å²) in [7, 11) is 1.70. The molecule has 2 heterocycles. The van der Waals surface area contributed by atoms with Crippen LogP contribution < -0.4 is 0 Å². The summed E-state index contributed by atoms with van der Waals surface area (Å²) in [5, 5.41) is 3.88. The molecule has 94 valence electrons. The van der Waals surface area contributed by atoms with Crippen LogP contribution in [0.1, 0.15) is 27.1 Å². The SMILES string of the molecule is Cn1cc(C(=O)CC(=O)c2cc(Cl)sc2Cl)cn1. The van der Waals surface area contributed by atoms with E-state index in [0.29, 0.717) is 19.8 Å². The fraction of sp³-hybridized carbons (Fsp3) is 0.182. The summed E-state index contributed by atoms with van der Waals surface area (Å²) in [4.78, 5) is 23.7. The molecule has 0 N–H and O–H groups in total. The first-order valence-corrected chi connectivity index (χ1v) is 6.54. The van der Waals surface area contributed by atoms with Crippen LogP contribution in [0.3, 0.4) is 0 Å². The minimum Gasteiger partial charge on any atom is -0.294 e. The summed E-state index contributed by atoms with van der Waals surface area (Å²) < 4.78 is 2.24. The van der Waals surface area contributed by atoms with Crippen LogP contribution in [0, 0.1) is 0 Å². The zero-order valence-electron chi connectivity index (χ0n) is 9.31. The Labute approximate surface area is 117 Å². The lowest BCUT2D eigenvalue weighted by atomic mass is 10.1. The quantitative estimate of drug-likeness (QED) is 0.643. The largest absolute Gasteiger partial charge is 0.294 e. The first kappa shape index (κ1) is 13.3. The molecule has 0 aliphatic rings. The molecular formula is C11H8Cl2N2O2S. The Morgan fingerprint density at radius 1 is 1.39 bits per heavy atom. The van der Waals surface area contributed by atoms with Gasteiger partial charge in [0.05, 0.1) is 22.5 Å². The van der Waals surface area contributed by atoms with E-state index in [-0.39, 0.29) is 18.0 Å². The minimum absolute atomic E-state index is 0.238. The second kappa shape index (κ2) is 5.22. The summed E-state index contributed by atoms with van der Waals surface area (Å²) in [5.74, 6) is -0.622. The molecule has 4 nitrogen and oxygen atoms in total. The van der Waals surface area contributed by atoms with Crippen molar-refractivity contribution in [3.63, 3.8) is 0 Å². The minimum atomic E-state index is -0.336. The molecule has 2 aromatic rings. The normalized spacial score (nSPS) is 10.6. The lowest BCUT2D eigenvalue weighted by Crippen LogP contribution is -2.07. The number of Topliss-reactive ketones (excluding diaryl/α,β-unsaturated/α-hetero) is 2. The predicted molar refractivity (Wildman–Crippen MR) is 70.8 cm³/mol. The summed E-state index contributed by atoms with van der Waals surface area (Å²) >= 11 is 12.7. The molecule has 0 bridgehead atoms. The van der Waals surface area contributed by atoms with Gasteiger partial charge in [-0.25, -0.2) is 0 Å². The highest BCUT2D eigenvalue weighted by molar-refractivity contribution is 7.20. The lowest BCUT2D eigenvalue weighted by molar-refractivity contribution is 0.0894. The zero-order valence-corrected chi connectivity index (χ0v) is 11.6. The molecule has 0 aliphatic carbocycles. The lowest BCUT2D eigenvalue weighted by Gasteiger charge is -1.97. The highest BCUT2D eigenvalue weighted by atomic mass is 35.5. The number of rotatable bonds is 4. The third-order valence-electron chi connectivity index (χ3n) is 2.31. The van der Waals surface area contributed by atoms with E-state index >= 15 is 0 Å². The van der Waals surface area contributed by atoms with Crippen molar-refractivity contribution < 1.29 is 9.59 Å². The molecule has 0 saturated heterocycles. The third-order valence-corrected chi connectivity index (χ3v) is 3.79. The van der Waals surface area contributed by atoms with Crippen LogP contribution in [0.25, 0.3) is 0 Å². The van der Waals surface area contributed by atoms with Gasteiger partial charge < -0.3 is 0 Å². The summed E-state index contributed by atoms with van der Waals surface area (Å²) in [6.45, 7) is 0. The van der Waals surface area contributed by atoms with Gasteiger partial charge in [-0.15, -0.1) is 11.3 Å². The van der Waals surface area contributed by atoms with Gasteiger partial charge in [0.15, 0.2) is 11.6 Å². The number of halogens is 2. The van der Waals surface area contributed by atoms with Gasteiger partial charge in [0.25, 0.3) is 0 Å². The Morgan fingerprint density at radius 3 is 2.61 bits per heavy atom. The monoisotopic (exact) mass is 302 g/mol. The number of thiophene rings is 1. The average molecular weight is 303 g/mol. The van der Waals surface area contributed by atoms with Crippen molar-refractivity contribution in [2.75, 3.05) is 0 Å². The van der Waals surface area contributed by atoms with Gasteiger partial charge in [-0.2, -0.15) is 5.10 Å². The van der Waals surface area contributed by atoms with Gasteiger partial charge in [0.1, 0.15) is 4.34 Å². The molecule has 0 aromatic carbocycles. The molecule has 0 fully saturated rings. The maximum atomic E-state index is 11.9. The first-order valence-electron chi connectivity index (χ1n) is 4.97. The molecule has 0 spiro atoms. The van der Waals surface area contributed by atoms with Gasteiger partial charge in [-0.3, -0.25) is 14.3 Å². The van der Waals surface area contributed by atoms with Crippen molar-refractivity contribution in [2.45, 2.75) is 6.42 Å². The highest BCUT2D eigenvalue weighted by Crippen LogP contribution is 2.32. The Morgan fingerprint density at radius 2 is 2.11 bits per heavy atom. The maximum Gasteiger partial charge on any atom is 0.173 e. The number of aryl methyl sites for hydroxylation is 1. The van der Waals surface area contributed by atoms with Crippen molar-refractivity contribution in [1.82, 2.24) is 9.78 Å². The molecule has 0 amide bonds. The predicted octanol–water partition coefficient (Wildman–Crippen LogP) is 3.24. The smallest absolute Gasteiger partial charge is 0.173 e. The number of carbonyl (C=O) groups excluding carboxylic acids is 2. The van der Waals surface area contributed by atoms with Crippen molar-refractivity contribution >= 4 is 46.1 Å². The molecule has 0 atom stereocenters. The van der Waals surface area contributed by atoms with Gasteiger partial charge in [0.2, 0.25) is 0 Å². The molecule has 0 saturated carbocycles. The zero-order chi connectivity index (χ0) is 13.3. The molecule has 0 unspecified atom stereocenters. The van der Waals surface area contributed by atoms with E-state index in [1.807, 2.05) is 0 Å². The molecule has 2 aromatic heterocycles. The van der Waals surface area contributed by atoms with Crippen molar-refractivity contribution in [1.29, 1.82) is 0 Å². The average Bonchev–Trinajstić information content (AvgIpc) is 2.84. The summed E-state index contributed by atoms with van der Waals surface area (Å²) in [6.07, 6.45) is 2.76. The first-order chi connectivity index (χ1) is 8.47. The number of nitrogens with zero attached hydrogens (tertiary/aromatic N) is 2. The third kappa shape index (κ3) is 2.80. The number of carbonyl (C=O) groups is 2. The van der Waals surface area contributed by atoms with Crippen LogP contribution in [0.2, 0.25) is 8.67 Å². The van der Waals surface area contributed by atoms with Crippen LogP contribution in [0.4, 0.5) is 0 Å². The molecule has 0 radical (unpaired) electrons. The number of hydrogen-bond donors (Lipinski definition) is 0. The van der Waals surface area contributed by atoms with E-state index < -0.39 is 0 Å². The summed E-state index contributed by atoms with van der Waals surface area (Å²) in [5.41, 5.74) is 0.701. The van der Waals surface area contributed by atoms with Crippen LogP contribution in [-0.2, 0) is 7.05 Å². The topological polar surface area (TPSA) is 52.0 Å². The molecule has 18 heavy (non-hydrogen) atoms. The molecule has 0 aliphatic heterocycles. The highest BCUT2D eigenvalue weighted by Gasteiger charge is 2.19. The van der Waals surface area contributed by atoms with Crippen molar-refractivity contribution in [2.24, 2.45) is 7.05 Å². The maximum absolute atomic E-state index is 11.9. The Kier molecular flexibility index (Phi) is 3.85. The van der Waals surface area contributed by atoms with Gasteiger partial charge in [-0.05, 0) is 6.07 Å². The fourth-order valence-electron chi connectivity index (χ4n) is 1.44. The van der Waals surface area contributed by atoms with Crippen LogP contribution >= 0.6 is 34.5 Å². The second-order valence-corrected chi connectivity index (χ2v) is 5.95. The Balaban J connectivity index is 2.13. The van der Waals surface area contributed by atoms with Crippen LogP contribution in [0.5, 0.6) is 0 Å². The van der Waals surface area contributed by atoms with Gasteiger partial charge >= 0.3 is 0 Å². The Hall–Kier alpha value is -1.17. The van der Waals surface area contributed by atoms with E-state index in [9.17, 15) is 9.59 Å². The number of ketones is 2. The standard InChI is InChI=1S/C11H8Cl2N2O2S/c1-15-5-6(4-14-15)8(16)3-9(17)7-2-10(12)18-11(7)13/h2,4-5H,3H2,1H3. The number of aromatic nitrogens is 2. The number of hydrogen-bond acceptors (Lipinski definition) is 4. The summed E-state index contributed by atoms with van der Waals surface area (Å²) in [6, 6.07) is 1.48. The molecule has 2 rings (SSSR count). The van der Waals surface area contributed by atoms with Gasteiger partial charge in [-0.1, -0.05) is 23.2 Å². The van der Waals surface area contributed by atoms with E-state index in [2.05, 4.69) is 5.10 Å². The van der Waals surface area contributed by atoms with Crippen LogP contribution in [-0.4, -0.2) is 21.3 Å². The van der Waals surface area contributed by atoms with E-state index in [1.165, 1.54) is 16.9 Å². The molecule has 7 heteroatoms. The van der Waals surface area contributed by atoms with Crippen LogP contribution in [0.15, 0.2) is 18.5 Å².